The van der Waals surface area contributed by atoms with Crippen LogP contribution in [0.2, 0.25) is 0 Å². The average Bonchev–Trinajstić information content (AvgIpc) is 3.41. The zero-order valence-electron chi connectivity index (χ0n) is 21.1. The summed E-state index contributed by atoms with van der Waals surface area (Å²) < 4.78 is 32.5. The first-order valence-corrected chi connectivity index (χ1v) is 12.5. The molecule has 0 aliphatic rings. The lowest BCUT2D eigenvalue weighted by molar-refractivity contribution is -0.140. The molecule has 0 aliphatic heterocycles. The zero-order chi connectivity index (χ0) is 26.5. The second kappa shape index (κ2) is 11.3. The van der Waals surface area contributed by atoms with Gasteiger partial charge in [-0.25, -0.2) is 4.39 Å². The normalized spacial score (nSPS) is 11.0. The molecule has 0 radical (unpaired) electrons. The largest absolute Gasteiger partial charge is 0.489 e. The Morgan fingerprint density at radius 1 is 0.895 bits per heavy atom. The molecule has 0 saturated heterocycles. The van der Waals surface area contributed by atoms with Crippen LogP contribution in [0.3, 0.4) is 0 Å². The summed E-state index contributed by atoms with van der Waals surface area (Å²) in [5, 5.41) is 0.853. The van der Waals surface area contributed by atoms with E-state index in [9.17, 15) is 4.79 Å². The van der Waals surface area contributed by atoms with Crippen molar-refractivity contribution in [3.05, 3.63) is 114 Å². The van der Waals surface area contributed by atoms with E-state index in [0.29, 0.717) is 34.4 Å². The summed E-state index contributed by atoms with van der Waals surface area (Å²) in [6.07, 6.45) is 2.12. The van der Waals surface area contributed by atoms with Crippen molar-refractivity contribution in [3.8, 4) is 28.0 Å². The fraction of sp³-hybridized carbons (Fsp3) is 0.156. The number of hydrogen-bond donors (Lipinski definition) is 1. The molecule has 38 heavy (non-hydrogen) atoms. The van der Waals surface area contributed by atoms with E-state index in [-0.39, 0.29) is 31.5 Å². The number of carbonyl (C=O) groups excluding carboxylic acids is 1. The van der Waals surface area contributed by atoms with E-state index in [1.165, 1.54) is 6.92 Å². The molecule has 5 rings (SSSR count). The Bertz CT molecular complexity index is 1580. The molecule has 0 atom stereocenters. The highest BCUT2D eigenvalue weighted by molar-refractivity contribution is 5.93. The Balaban J connectivity index is 1.48. The van der Waals surface area contributed by atoms with E-state index in [1.54, 1.807) is 24.5 Å². The second-order valence-electron chi connectivity index (χ2n) is 9.03. The van der Waals surface area contributed by atoms with E-state index in [0.717, 1.165) is 27.6 Å². The Hall–Kier alpha value is -4.42. The molecule has 0 amide bonds. The molecule has 4 aromatic carbocycles. The van der Waals surface area contributed by atoms with E-state index < -0.39 is 0 Å². The molecule has 0 fully saturated rings. The third-order valence-electron chi connectivity index (χ3n) is 6.45. The first kappa shape index (κ1) is 25.2. The Morgan fingerprint density at radius 3 is 2.53 bits per heavy atom. The molecule has 5 aromatic rings. The molecule has 0 unspecified atom stereocenters. The molecule has 1 heterocycles. The van der Waals surface area contributed by atoms with Crippen molar-refractivity contribution < 1.29 is 23.1 Å². The molecular formula is C32H28FNO4. The Kier molecular flexibility index (Phi) is 7.52. The van der Waals surface area contributed by atoms with Gasteiger partial charge in [0.1, 0.15) is 23.8 Å². The van der Waals surface area contributed by atoms with Crippen LogP contribution in [-0.2, 0) is 29.1 Å². The predicted octanol–water partition coefficient (Wildman–Crippen LogP) is 7.05. The minimum absolute atomic E-state index is 0.109. The maximum atomic E-state index is 15.2. The first-order valence-electron chi connectivity index (χ1n) is 12.5. The second-order valence-corrected chi connectivity index (χ2v) is 9.03. The van der Waals surface area contributed by atoms with E-state index in [4.69, 9.17) is 19.6 Å². The van der Waals surface area contributed by atoms with Crippen LogP contribution in [0.25, 0.3) is 33.2 Å². The number of nitrogens with two attached hydrogens (primary N) is 1. The number of hydrogen-bond acceptors (Lipinski definition) is 5. The van der Waals surface area contributed by atoms with Gasteiger partial charge in [0.05, 0.1) is 12.9 Å². The minimum Gasteiger partial charge on any atom is -0.489 e. The number of benzene rings is 4. The summed E-state index contributed by atoms with van der Waals surface area (Å²) >= 11 is 0. The predicted molar refractivity (Wildman–Crippen MR) is 146 cm³/mol. The highest BCUT2D eigenvalue weighted by Crippen LogP contribution is 2.35. The van der Waals surface area contributed by atoms with Gasteiger partial charge in [0, 0.05) is 42.0 Å². The van der Waals surface area contributed by atoms with Crippen molar-refractivity contribution in [2.24, 2.45) is 5.73 Å². The van der Waals surface area contributed by atoms with Crippen LogP contribution in [0.15, 0.2) is 95.6 Å². The smallest absolute Gasteiger partial charge is 0.302 e. The van der Waals surface area contributed by atoms with Crippen molar-refractivity contribution in [2.75, 3.05) is 6.61 Å². The molecule has 0 spiro atoms. The summed E-state index contributed by atoms with van der Waals surface area (Å²) in [4.78, 5) is 11.3. The van der Waals surface area contributed by atoms with Crippen LogP contribution >= 0.6 is 0 Å². The van der Waals surface area contributed by atoms with E-state index >= 15 is 4.39 Å². The molecule has 0 bridgehead atoms. The van der Waals surface area contributed by atoms with Gasteiger partial charge in [-0.1, -0.05) is 60.7 Å². The van der Waals surface area contributed by atoms with Gasteiger partial charge in [0.2, 0.25) is 0 Å². The van der Waals surface area contributed by atoms with Gasteiger partial charge in [0.25, 0.3) is 0 Å². The minimum atomic E-state index is -0.353. The number of furan rings is 1. The van der Waals surface area contributed by atoms with Crippen LogP contribution < -0.4 is 10.5 Å². The van der Waals surface area contributed by atoms with Crippen molar-refractivity contribution >= 4 is 16.9 Å². The molecule has 0 saturated carbocycles. The molecule has 6 heteroatoms. The van der Waals surface area contributed by atoms with Gasteiger partial charge in [-0.15, -0.1) is 0 Å². The van der Waals surface area contributed by atoms with Crippen molar-refractivity contribution in [2.45, 2.75) is 26.5 Å². The third kappa shape index (κ3) is 5.45. The van der Waals surface area contributed by atoms with Crippen LogP contribution in [-0.4, -0.2) is 12.6 Å². The van der Waals surface area contributed by atoms with Crippen LogP contribution in [0.5, 0.6) is 5.75 Å². The topological polar surface area (TPSA) is 74.7 Å². The zero-order valence-corrected chi connectivity index (χ0v) is 21.1. The fourth-order valence-electron chi connectivity index (χ4n) is 4.54. The summed E-state index contributed by atoms with van der Waals surface area (Å²) in [6, 6.07) is 27.0. The summed E-state index contributed by atoms with van der Waals surface area (Å²) in [7, 11) is 0. The summed E-state index contributed by atoms with van der Waals surface area (Å²) in [5.74, 6) is 0.0259. The monoisotopic (exact) mass is 509 g/mol. The highest BCUT2D eigenvalue weighted by Gasteiger charge is 2.16. The maximum Gasteiger partial charge on any atom is 0.302 e. The number of halogens is 1. The van der Waals surface area contributed by atoms with Gasteiger partial charge in [-0.2, -0.15) is 0 Å². The van der Waals surface area contributed by atoms with Gasteiger partial charge < -0.3 is 19.6 Å². The number of carbonyl (C=O) groups is 1. The molecule has 192 valence electrons. The van der Waals surface area contributed by atoms with Gasteiger partial charge in [-0.05, 0) is 46.5 Å². The lowest BCUT2D eigenvalue weighted by atomic mass is 9.98. The third-order valence-corrected chi connectivity index (χ3v) is 6.45. The molecule has 0 aliphatic carbocycles. The van der Waals surface area contributed by atoms with Crippen LogP contribution in [0.1, 0.15) is 23.6 Å². The highest BCUT2D eigenvalue weighted by atomic mass is 19.1. The molecule has 2 N–H and O–H groups in total. The van der Waals surface area contributed by atoms with Crippen LogP contribution in [0.4, 0.5) is 4.39 Å². The number of esters is 1. The average molecular weight is 510 g/mol. The number of ether oxygens (including phenoxy) is 2. The molecule has 1 aromatic heterocycles. The van der Waals surface area contributed by atoms with Gasteiger partial charge in [-0.3, -0.25) is 4.79 Å². The standard InChI is InChI=1S/C32H28FNO4/c1-21(35)36-14-12-24-10-11-25(23-6-3-2-4-7-23)18-30(24)38-20-22-16-26-13-15-37-32(26)29(17-22)28-9-5-8-27(19-34)31(28)33/h2-11,13,15-18H,12,14,19-20,34H2,1H3. The quantitative estimate of drug-likeness (QED) is 0.216. The van der Waals surface area contributed by atoms with Crippen LogP contribution in [0, 0.1) is 5.82 Å². The molecule has 5 nitrogen and oxygen atoms in total. The van der Waals surface area contributed by atoms with Crippen molar-refractivity contribution in [3.63, 3.8) is 0 Å². The van der Waals surface area contributed by atoms with Gasteiger partial charge >= 0.3 is 5.97 Å². The fourth-order valence-corrected chi connectivity index (χ4v) is 4.54. The van der Waals surface area contributed by atoms with Crippen molar-refractivity contribution in [1.29, 1.82) is 0 Å². The summed E-state index contributed by atoms with van der Waals surface area (Å²) in [5.41, 5.74) is 11.7. The summed E-state index contributed by atoms with van der Waals surface area (Å²) in [6.45, 7) is 2.02. The lowest BCUT2D eigenvalue weighted by Crippen LogP contribution is -2.06. The van der Waals surface area contributed by atoms with E-state index in [1.807, 2.05) is 66.7 Å². The Labute approximate surface area is 220 Å². The number of rotatable bonds is 9. The maximum absolute atomic E-state index is 15.2. The lowest BCUT2D eigenvalue weighted by Gasteiger charge is -2.15. The Morgan fingerprint density at radius 2 is 1.74 bits per heavy atom. The van der Waals surface area contributed by atoms with Crippen molar-refractivity contribution in [1.82, 2.24) is 0 Å². The van der Waals surface area contributed by atoms with E-state index in [2.05, 4.69) is 0 Å². The number of fused-ring (bicyclic) bond motifs is 1. The van der Waals surface area contributed by atoms with Gasteiger partial charge in [0.15, 0.2) is 0 Å². The molecular weight excluding hydrogens is 481 g/mol. The SMILES string of the molecule is CC(=O)OCCc1ccc(-c2ccccc2)cc1OCc1cc(-c2cccc(CN)c2F)c2occc2c1. The first-order chi connectivity index (χ1) is 18.5.